The van der Waals surface area contributed by atoms with E-state index in [0.717, 1.165) is 30.4 Å². The van der Waals surface area contributed by atoms with E-state index >= 15 is 0 Å². The van der Waals surface area contributed by atoms with Gasteiger partial charge in [0.15, 0.2) is 5.11 Å². The number of amides is 1. The van der Waals surface area contributed by atoms with Crippen molar-refractivity contribution < 1.29 is 4.79 Å². The van der Waals surface area contributed by atoms with Crippen molar-refractivity contribution in [1.29, 1.82) is 0 Å². The van der Waals surface area contributed by atoms with E-state index in [9.17, 15) is 4.79 Å². The minimum absolute atomic E-state index is 0.170. The van der Waals surface area contributed by atoms with E-state index in [0.29, 0.717) is 16.6 Å². The number of aromatic nitrogens is 1. The molecule has 1 N–H and O–H groups in total. The lowest BCUT2D eigenvalue weighted by Crippen LogP contribution is -2.46. The molecule has 1 fully saturated rings. The first-order chi connectivity index (χ1) is 11.6. The van der Waals surface area contributed by atoms with Crippen LogP contribution >= 0.6 is 28.1 Å². The smallest absolute Gasteiger partial charge is 0.257 e. The molecule has 124 valence electrons. The van der Waals surface area contributed by atoms with Crippen molar-refractivity contribution in [2.45, 2.75) is 18.8 Å². The summed E-state index contributed by atoms with van der Waals surface area (Å²) in [5.41, 5.74) is 1.82. The molecule has 1 saturated heterocycles. The van der Waals surface area contributed by atoms with Crippen LogP contribution in [0, 0.1) is 0 Å². The molecule has 1 aliphatic heterocycles. The first-order valence-electron chi connectivity index (χ1n) is 7.89. The lowest BCUT2D eigenvalue weighted by molar-refractivity contribution is 0.0972. The molecule has 4 nitrogen and oxygen atoms in total. The Kier molecular flexibility index (Phi) is 5.58. The Morgan fingerprint density at radius 2 is 2.08 bits per heavy atom. The quantitative estimate of drug-likeness (QED) is 0.775. The van der Waals surface area contributed by atoms with Gasteiger partial charge in [-0.3, -0.25) is 15.1 Å². The standard InChI is InChI=1S/C18H18BrN3OS/c19-16-7-5-13(6-8-16)17(23)21-18(24)22-10-2-4-15(12-22)14-3-1-9-20-11-14/h1,3,5-9,11,15H,2,4,10,12H2,(H,21,23,24)/t15-/m1/s1. The zero-order valence-electron chi connectivity index (χ0n) is 13.1. The number of nitrogens with zero attached hydrogens (tertiary/aromatic N) is 2. The van der Waals surface area contributed by atoms with Crippen LogP contribution < -0.4 is 5.32 Å². The molecule has 0 spiro atoms. The molecule has 1 aromatic heterocycles. The highest BCUT2D eigenvalue weighted by atomic mass is 79.9. The van der Waals surface area contributed by atoms with E-state index in [1.165, 1.54) is 5.56 Å². The van der Waals surface area contributed by atoms with Crippen LogP contribution in [-0.2, 0) is 0 Å². The third-order valence-corrected chi connectivity index (χ3v) is 5.08. The molecule has 0 saturated carbocycles. The maximum absolute atomic E-state index is 12.3. The fourth-order valence-corrected chi connectivity index (χ4v) is 3.42. The Morgan fingerprint density at radius 3 is 2.79 bits per heavy atom. The Bertz CT molecular complexity index is 721. The fraction of sp³-hybridized carbons (Fsp3) is 0.278. The molecule has 24 heavy (non-hydrogen) atoms. The number of benzene rings is 1. The second kappa shape index (κ2) is 7.85. The van der Waals surface area contributed by atoms with Crippen molar-refractivity contribution in [3.63, 3.8) is 0 Å². The molecule has 2 heterocycles. The van der Waals surface area contributed by atoms with Gasteiger partial charge in [0, 0.05) is 41.4 Å². The van der Waals surface area contributed by atoms with Gasteiger partial charge in [-0.05, 0) is 61.0 Å². The highest BCUT2D eigenvalue weighted by Gasteiger charge is 2.24. The van der Waals surface area contributed by atoms with Crippen LogP contribution in [-0.4, -0.2) is 34.0 Å². The largest absolute Gasteiger partial charge is 0.348 e. The summed E-state index contributed by atoms with van der Waals surface area (Å²) in [4.78, 5) is 18.6. The van der Waals surface area contributed by atoms with Crippen LogP contribution in [0.5, 0.6) is 0 Å². The van der Waals surface area contributed by atoms with E-state index < -0.39 is 0 Å². The Balaban J connectivity index is 1.62. The third kappa shape index (κ3) is 4.19. The maximum Gasteiger partial charge on any atom is 0.257 e. The minimum Gasteiger partial charge on any atom is -0.348 e. The molecular formula is C18H18BrN3OS. The maximum atomic E-state index is 12.3. The van der Waals surface area contributed by atoms with Gasteiger partial charge in [0.05, 0.1) is 0 Å². The lowest BCUT2D eigenvalue weighted by atomic mass is 9.92. The summed E-state index contributed by atoms with van der Waals surface area (Å²) < 4.78 is 0.942. The van der Waals surface area contributed by atoms with Crippen molar-refractivity contribution >= 4 is 39.2 Å². The fourth-order valence-electron chi connectivity index (χ4n) is 2.90. The van der Waals surface area contributed by atoms with Crippen molar-refractivity contribution in [1.82, 2.24) is 15.2 Å². The number of carbonyl (C=O) groups excluding carboxylic acids is 1. The van der Waals surface area contributed by atoms with E-state index in [2.05, 4.69) is 37.2 Å². The van der Waals surface area contributed by atoms with Gasteiger partial charge in [-0.15, -0.1) is 0 Å². The van der Waals surface area contributed by atoms with Gasteiger partial charge in [0.1, 0.15) is 0 Å². The van der Waals surface area contributed by atoms with Crippen molar-refractivity contribution in [3.05, 3.63) is 64.4 Å². The second-order valence-electron chi connectivity index (χ2n) is 5.84. The lowest BCUT2D eigenvalue weighted by Gasteiger charge is -2.34. The van der Waals surface area contributed by atoms with Crippen LogP contribution in [0.1, 0.15) is 34.7 Å². The number of piperidine rings is 1. The molecule has 3 rings (SSSR count). The van der Waals surface area contributed by atoms with Crippen molar-refractivity contribution in [2.24, 2.45) is 0 Å². The van der Waals surface area contributed by atoms with Crippen LogP contribution in [0.3, 0.4) is 0 Å². The summed E-state index contributed by atoms with van der Waals surface area (Å²) >= 11 is 8.81. The minimum atomic E-state index is -0.170. The molecule has 1 atom stereocenters. The van der Waals surface area contributed by atoms with E-state index in [4.69, 9.17) is 12.2 Å². The average molecular weight is 404 g/mol. The van der Waals surface area contributed by atoms with Crippen LogP contribution in [0.25, 0.3) is 0 Å². The second-order valence-corrected chi connectivity index (χ2v) is 7.14. The predicted octanol–water partition coefficient (Wildman–Crippen LogP) is 3.74. The van der Waals surface area contributed by atoms with Gasteiger partial charge in [0.25, 0.3) is 5.91 Å². The molecule has 1 aliphatic rings. The van der Waals surface area contributed by atoms with E-state index in [1.54, 1.807) is 18.3 Å². The summed E-state index contributed by atoms with van der Waals surface area (Å²) in [6.07, 6.45) is 5.87. The monoisotopic (exact) mass is 403 g/mol. The summed E-state index contributed by atoms with van der Waals surface area (Å²) in [7, 11) is 0. The third-order valence-electron chi connectivity index (χ3n) is 4.19. The molecule has 2 aromatic rings. The Labute approximate surface area is 155 Å². The molecule has 0 aliphatic carbocycles. The summed E-state index contributed by atoms with van der Waals surface area (Å²) in [5.74, 6) is 0.228. The van der Waals surface area contributed by atoms with Gasteiger partial charge >= 0.3 is 0 Å². The normalized spacial score (nSPS) is 17.4. The van der Waals surface area contributed by atoms with Crippen LogP contribution in [0.15, 0.2) is 53.3 Å². The number of hydrogen-bond acceptors (Lipinski definition) is 3. The van der Waals surface area contributed by atoms with Crippen LogP contribution in [0.2, 0.25) is 0 Å². The summed E-state index contributed by atoms with van der Waals surface area (Å²) in [6.45, 7) is 1.68. The SMILES string of the molecule is O=C(NC(=S)N1CCC[C@@H](c2cccnc2)C1)c1ccc(Br)cc1. The summed E-state index contributed by atoms with van der Waals surface area (Å²) in [5, 5.41) is 3.34. The number of pyridine rings is 1. The van der Waals surface area contributed by atoms with Gasteiger partial charge < -0.3 is 4.90 Å². The highest BCUT2D eigenvalue weighted by Crippen LogP contribution is 2.26. The number of thiocarbonyl (C=S) groups is 1. The highest BCUT2D eigenvalue weighted by molar-refractivity contribution is 9.10. The average Bonchev–Trinajstić information content (AvgIpc) is 2.63. The van der Waals surface area contributed by atoms with Crippen LogP contribution in [0.4, 0.5) is 0 Å². The molecule has 1 amide bonds. The zero-order chi connectivity index (χ0) is 16.9. The van der Waals surface area contributed by atoms with Crippen molar-refractivity contribution in [2.75, 3.05) is 13.1 Å². The van der Waals surface area contributed by atoms with Gasteiger partial charge in [0.2, 0.25) is 0 Å². The Morgan fingerprint density at radius 1 is 1.29 bits per heavy atom. The van der Waals surface area contributed by atoms with Gasteiger partial charge in [-0.1, -0.05) is 22.0 Å². The number of halogens is 1. The van der Waals surface area contributed by atoms with Crippen molar-refractivity contribution in [3.8, 4) is 0 Å². The molecular weight excluding hydrogens is 386 g/mol. The number of carbonyl (C=O) groups is 1. The van der Waals surface area contributed by atoms with Gasteiger partial charge in [-0.25, -0.2) is 0 Å². The number of rotatable bonds is 2. The zero-order valence-corrected chi connectivity index (χ0v) is 15.5. The summed E-state index contributed by atoms with van der Waals surface area (Å²) in [6, 6.07) is 11.3. The topological polar surface area (TPSA) is 45.2 Å². The molecule has 0 radical (unpaired) electrons. The molecule has 0 unspecified atom stereocenters. The predicted molar refractivity (Wildman–Crippen MR) is 102 cm³/mol. The first kappa shape index (κ1) is 17.0. The molecule has 1 aromatic carbocycles. The first-order valence-corrected chi connectivity index (χ1v) is 9.09. The van der Waals surface area contributed by atoms with Gasteiger partial charge in [-0.2, -0.15) is 0 Å². The number of nitrogens with one attached hydrogen (secondary N) is 1. The number of hydrogen-bond donors (Lipinski definition) is 1. The van der Waals surface area contributed by atoms with E-state index in [-0.39, 0.29) is 5.91 Å². The van der Waals surface area contributed by atoms with E-state index in [1.807, 2.05) is 24.4 Å². The number of likely N-dealkylation sites (tertiary alicyclic amines) is 1. The Hall–Kier alpha value is -1.79. The molecule has 0 bridgehead atoms. The molecule has 6 heteroatoms.